The van der Waals surface area contributed by atoms with Gasteiger partial charge in [0.25, 0.3) is 0 Å². The van der Waals surface area contributed by atoms with Crippen molar-refractivity contribution in [3.8, 4) is 0 Å². The van der Waals surface area contributed by atoms with Gasteiger partial charge in [0.15, 0.2) is 18.2 Å². The standard InChI is InChI=1S/C18H22O8/c1-18(2)25-12-10-23-17(22-9-11-7-5-4-6-8-11)14(13(12)26-18)24-16(20)15(19)21-3/h4-8,12-14,17H,9-10H2,1-3H3/t12-,13-,14+,17-/m0/s1. The minimum absolute atomic E-state index is 0.222. The highest BCUT2D eigenvalue weighted by Crippen LogP contribution is 2.36. The van der Waals surface area contributed by atoms with Crippen molar-refractivity contribution in [2.75, 3.05) is 13.7 Å². The second-order valence-corrected chi connectivity index (χ2v) is 6.50. The van der Waals surface area contributed by atoms with E-state index in [-0.39, 0.29) is 13.2 Å². The molecular weight excluding hydrogens is 344 g/mol. The van der Waals surface area contributed by atoms with E-state index in [1.165, 1.54) is 0 Å². The van der Waals surface area contributed by atoms with E-state index in [1.807, 2.05) is 30.3 Å². The van der Waals surface area contributed by atoms with Gasteiger partial charge in [-0.1, -0.05) is 30.3 Å². The van der Waals surface area contributed by atoms with Gasteiger partial charge < -0.3 is 28.4 Å². The Balaban J connectivity index is 1.73. The number of ether oxygens (including phenoxy) is 6. The molecule has 142 valence electrons. The number of hydrogen-bond acceptors (Lipinski definition) is 8. The maximum atomic E-state index is 11.9. The lowest BCUT2D eigenvalue weighted by Gasteiger charge is -2.36. The van der Waals surface area contributed by atoms with Crippen molar-refractivity contribution in [1.29, 1.82) is 0 Å². The van der Waals surface area contributed by atoms with Crippen molar-refractivity contribution in [2.45, 2.75) is 50.8 Å². The van der Waals surface area contributed by atoms with E-state index in [9.17, 15) is 9.59 Å². The number of methoxy groups -OCH3 is 1. The maximum absolute atomic E-state index is 11.9. The molecule has 0 bridgehead atoms. The molecule has 0 aromatic heterocycles. The molecule has 8 nitrogen and oxygen atoms in total. The third-order valence-electron chi connectivity index (χ3n) is 4.09. The fourth-order valence-electron chi connectivity index (χ4n) is 2.98. The SMILES string of the molecule is COC(=O)C(=O)O[C@H]1[C@@H](OCc2ccccc2)OC[C@@H]2OC(C)(C)O[C@H]12. The first-order valence-corrected chi connectivity index (χ1v) is 8.31. The molecule has 0 saturated carbocycles. The minimum atomic E-state index is -1.14. The molecule has 2 saturated heterocycles. The van der Waals surface area contributed by atoms with Gasteiger partial charge in [-0.05, 0) is 19.4 Å². The van der Waals surface area contributed by atoms with E-state index < -0.39 is 42.3 Å². The third kappa shape index (κ3) is 4.21. The average molecular weight is 366 g/mol. The Morgan fingerprint density at radius 1 is 1.15 bits per heavy atom. The zero-order chi connectivity index (χ0) is 18.7. The number of esters is 2. The van der Waals surface area contributed by atoms with Crippen molar-refractivity contribution in [2.24, 2.45) is 0 Å². The van der Waals surface area contributed by atoms with E-state index >= 15 is 0 Å². The van der Waals surface area contributed by atoms with Crippen molar-refractivity contribution in [1.82, 2.24) is 0 Å². The van der Waals surface area contributed by atoms with Gasteiger partial charge in [0.05, 0.1) is 20.3 Å². The molecule has 1 aromatic rings. The highest BCUT2D eigenvalue weighted by Gasteiger charge is 2.53. The number of carbonyl (C=O) groups is 2. The van der Waals surface area contributed by atoms with Gasteiger partial charge in [0.2, 0.25) is 0 Å². The summed E-state index contributed by atoms with van der Waals surface area (Å²) >= 11 is 0. The van der Waals surface area contributed by atoms with Gasteiger partial charge >= 0.3 is 11.9 Å². The van der Waals surface area contributed by atoms with Gasteiger partial charge in [-0.15, -0.1) is 0 Å². The molecule has 0 unspecified atom stereocenters. The Hall–Kier alpha value is -2.00. The molecule has 0 radical (unpaired) electrons. The van der Waals surface area contributed by atoms with Crippen LogP contribution in [0.4, 0.5) is 0 Å². The summed E-state index contributed by atoms with van der Waals surface area (Å²) < 4.78 is 32.8. The van der Waals surface area contributed by atoms with E-state index in [1.54, 1.807) is 13.8 Å². The molecule has 2 heterocycles. The van der Waals surface area contributed by atoms with Crippen LogP contribution in [-0.2, 0) is 44.6 Å². The Bertz CT molecular complexity index is 644. The number of fused-ring (bicyclic) bond motifs is 1. The van der Waals surface area contributed by atoms with Crippen LogP contribution >= 0.6 is 0 Å². The second kappa shape index (κ2) is 7.71. The van der Waals surface area contributed by atoms with Crippen molar-refractivity contribution >= 4 is 11.9 Å². The van der Waals surface area contributed by atoms with Crippen LogP contribution in [0.5, 0.6) is 0 Å². The van der Waals surface area contributed by atoms with Crippen LogP contribution in [0.15, 0.2) is 30.3 Å². The van der Waals surface area contributed by atoms with Gasteiger partial charge in [-0.25, -0.2) is 9.59 Å². The first-order valence-electron chi connectivity index (χ1n) is 8.31. The summed E-state index contributed by atoms with van der Waals surface area (Å²) in [6.07, 6.45) is -2.92. The fourth-order valence-corrected chi connectivity index (χ4v) is 2.98. The predicted octanol–water partition coefficient (Wildman–Crippen LogP) is 1.16. The topological polar surface area (TPSA) is 89.5 Å². The number of carbonyl (C=O) groups excluding carboxylic acids is 2. The molecule has 0 amide bonds. The van der Waals surface area contributed by atoms with Crippen LogP contribution < -0.4 is 0 Å². The van der Waals surface area contributed by atoms with Gasteiger partial charge in [0, 0.05) is 0 Å². The zero-order valence-electron chi connectivity index (χ0n) is 14.9. The van der Waals surface area contributed by atoms with Crippen molar-refractivity contribution in [3.63, 3.8) is 0 Å². The Labute approximate surface area is 151 Å². The van der Waals surface area contributed by atoms with Crippen LogP contribution in [0, 0.1) is 0 Å². The summed E-state index contributed by atoms with van der Waals surface area (Å²) in [6, 6.07) is 9.49. The summed E-state index contributed by atoms with van der Waals surface area (Å²) in [5, 5.41) is 0. The van der Waals surface area contributed by atoms with Crippen LogP contribution in [0.2, 0.25) is 0 Å². The summed E-state index contributed by atoms with van der Waals surface area (Å²) in [5.41, 5.74) is 0.931. The summed E-state index contributed by atoms with van der Waals surface area (Å²) in [7, 11) is 1.10. The lowest BCUT2D eigenvalue weighted by Crippen LogP contribution is -2.54. The first-order chi connectivity index (χ1) is 12.4. The predicted molar refractivity (Wildman–Crippen MR) is 86.7 cm³/mol. The van der Waals surface area contributed by atoms with E-state index in [4.69, 9.17) is 23.7 Å². The molecule has 2 aliphatic heterocycles. The Kier molecular flexibility index (Phi) is 5.57. The Morgan fingerprint density at radius 2 is 1.88 bits per heavy atom. The molecular formula is C18H22O8. The monoisotopic (exact) mass is 366 g/mol. The van der Waals surface area contributed by atoms with E-state index in [0.29, 0.717) is 0 Å². The van der Waals surface area contributed by atoms with Crippen LogP contribution in [0.25, 0.3) is 0 Å². The third-order valence-corrected chi connectivity index (χ3v) is 4.09. The maximum Gasteiger partial charge on any atom is 0.418 e. The summed E-state index contributed by atoms with van der Waals surface area (Å²) in [4.78, 5) is 23.3. The largest absolute Gasteiger partial charge is 0.461 e. The quantitative estimate of drug-likeness (QED) is 0.579. The number of hydrogen-bond donors (Lipinski definition) is 0. The molecule has 0 N–H and O–H groups in total. The first kappa shape index (κ1) is 18.8. The molecule has 8 heteroatoms. The molecule has 1 aromatic carbocycles. The summed E-state index contributed by atoms with van der Waals surface area (Å²) in [6.45, 7) is 3.98. The molecule has 3 rings (SSSR count). The van der Waals surface area contributed by atoms with Crippen LogP contribution in [0.3, 0.4) is 0 Å². The van der Waals surface area contributed by atoms with Crippen LogP contribution in [0.1, 0.15) is 19.4 Å². The molecule has 0 aliphatic carbocycles. The Morgan fingerprint density at radius 3 is 2.58 bits per heavy atom. The van der Waals surface area contributed by atoms with E-state index in [0.717, 1.165) is 12.7 Å². The summed E-state index contributed by atoms with van der Waals surface area (Å²) in [5.74, 6) is -3.10. The van der Waals surface area contributed by atoms with E-state index in [2.05, 4.69) is 4.74 Å². The normalized spacial score (nSPS) is 29.7. The van der Waals surface area contributed by atoms with Crippen molar-refractivity contribution < 1.29 is 38.0 Å². The lowest BCUT2D eigenvalue weighted by molar-refractivity contribution is -0.262. The van der Waals surface area contributed by atoms with Gasteiger partial charge in [0.1, 0.15) is 12.2 Å². The zero-order valence-corrected chi connectivity index (χ0v) is 14.9. The smallest absolute Gasteiger partial charge is 0.418 e. The average Bonchev–Trinajstić information content (AvgIpc) is 2.95. The molecule has 0 spiro atoms. The highest BCUT2D eigenvalue weighted by molar-refractivity contribution is 6.29. The molecule has 2 fully saturated rings. The number of benzene rings is 1. The van der Waals surface area contributed by atoms with Crippen molar-refractivity contribution in [3.05, 3.63) is 35.9 Å². The lowest BCUT2D eigenvalue weighted by atomic mass is 10.1. The van der Waals surface area contributed by atoms with Gasteiger partial charge in [-0.2, -0.15) is 0 Å². The second-order valence-electron chi connectivity index (χ2n) is 6.50. The highest BCUT2D eigenvalue weighted by atomic mass is 16.8. The van der Waals surface area contributed by atoms with Crippen LogP contribution in [-0.4, -0.2) is 56.0 Å². The minimum Gasteiger partial charge on any atom is -0.461 e. The molecule has 26 heavy (non-hydrogen) atoms. The fraction of sp³-hybridized carbons (Fsp3) is 0.556. The van der Waals surface area contributed by atoms with Gasteiger partial charge in [-0.3, -0.25) is 0 Å². The number of rotatable bonds is 4. The molecule has 2 aliphatic rings. The molecule has 4 atom stereocenters.